The molecule has 3 atom stereocenters. The maximum absolute atomic E-state index is 5.22. The molecule has 5 heterocycles. The molecule has 9 heteroatoms. The van der Waals surface area contributed by atoms with Crippen LogP contribution in [0.5, 0.6) is 0 Å². The second-order valence-electron chi connectivity index (χ2n) is 10.6. The number of benzene rings is 3. The number of rotatable bonds is 2. The van der Waals surface area contributed by atoms with Gasteiger partial charge in [0.1, 0.15) is 29.5 Å². The van der Waals surface area contributed by atoms with Gasteiger partial charge in [0.2, 0.25) is 0 Å². The van der Waals surface area contributed by atoms with Crippen molar-refractivity contribution in [3.63, 3.8) is 0 Å². The van der Waals surface area contributed by atoms with Gasteiger partial charge in [-0.2, -0.15) is 0 Å². The zero-order chi connectivity index (χ0) is 31.7. The van der Waals surface area contributed by atoms with E-state index in [4.69, 9.17) is 20.3 Å². The van der Waals surface area contributed by atoms with Crippen molar-refractivity contribution in [2.75, 3.05) is 10.6 Å². The summed E-state index contributed by atoms with van der Waals surface area (Å²) >= 11 is 0. The topological polar surface area (TPSA) is 103 Å². The van der Waals surface area contributed by atoms with Gasteiger partial charge in [-0.15, -0.1) is 0 Å². The number of nitrogens with zero attached hydrogens (tertiary/aromatic N) is 4. The summed E-state index contributed by atoms with van der Waals surface area (Å²) in [5, 5.41) is 18.0. The zero-order valence-corrected chi connectivity index (χ0v) is 31.1. The van der Waals surface area contributed by atoms with Crippen LogP contribution in [0.3, 0.4) is 0 Å². The number of aromatic nitrogens is 1. The standard InChI is InChI=1S/C33H27N8.2C2H6.U/c1-4-18-19(5-2)27-34-26(18)35-28-20-12-6-7-13-21(20)29(37-28)39-32-24-16-10-11-17-25(24)33(3,41-32)40-31-23-15-9-8-14-22(23)30(36-27)38-31;2*1-2;/h4-17,26,30,35,37H,1-2H2,3H3,(H2-,34,36,38,39,40,41);2*1-2H3;/q-1;;;. The van der Waals surface area contributed by atoms with Crippen LogP contribution in [0.4, 0.5) is 11.6 Å². The fourth-order valence-corrected chi connectivity index (χ4v) is 6.22. The normalized spacial score (nSPS) is 22.5. The Morgan fingerprint density at radius 1 is 0.761 bits per heavy atom. The van der Waals surface area contributed by atoms with Crippen LogP contribution in [0.25, 0.3) is 16.1 Å². The van der Waals surface area contributed by atoms with Gasteiger partial charge < -0.3 is 31.2 Å². The van der Waals surface area contributed by atoms with Crippen LogP contribution in [0.15, 0.2) is 124 Å². The van der Waals surface area contributed by atoms with E-state index < -0.39 is 5.66 Å². The van der Waals surface area contributed by atoms with E-state index in [1.54, 1.807) is 0 Å². The van der Waals surface area contributed by atoms with E-state index in [9.17, 15) is 0 Å². The molecule has 4 N–H and O–H groups in total. The Kier molecular flexibility index (Phi) is 9.76. The minimum Gasteiger partial charge on any atom is -0.440 e. The van der Waals surface area contributed by atoms with Crippen LogP contribution in [0, 0.1) is 31.1 Å². The SMILES string of the molecule is C=CC1=C(C=C)C2N=C1NC1[N-]/C(=N\C3(C)N=C(Nc4[nH]c(c5ccccc45)N2)c2ccccc23)c2ccccc21.CC.CC.[U]. The fourth-order valence-electron chi connectivity index (χ4n) is 6.22. The second kappa shape index (κ2) is 13.6. The predicted molar refractivity (Wildman–Crippen MR) is 189 cm³/mol. The number of anilines is 2. The third-order valence-corrected chi connectivity index (χ3v) is 8.15. The van der Waals surface area contributed by atoms with Gasteiger partial charge in [-0.1, -0.05) is 132 Å². The average molecular weight is 834 g/mol. The van der Waals surface area contributed by atoms with Gasteiger partial charge in [-0.05, 0) is 23.6 Å². The monoisotopic (exact) mass is 833 g/mol. The quantitative estimate of drug-likeness (QED) is 0.163. The Bertz CT molecular complexity index is 1930. The van der Waals surface area contributed by atoms with Gasteiger partial charge >= 0.3 is 0 Å². The molecular weight excluding hydrogens is 794 g/mol. The van der Waals surface area contributed by atoms with Gasteiger partial charge in [0.05, 0.1) is 11.8 Å². The summed E-state index contributed by atoms with van der Waals surface area (Å²) in [5.41, 5.74) is 5.01. The van der Waals surface area contributed by atoms with Crippen LogP contribution in [0.1, 0.15) is 63.0 Å². The Labute approximate surface area is 294 Å². The maximum atomic E-state index is 5.22. The molecule has 0 saturated carbocycles. The summed E-state index contributed by atoms with van der Waals surface area (Å²) in [6, 6.07) is 24.7. The van der Waals surface area contributed by atoms with Crippen LogP contribution in [-0.4, -0.2) is 28.7 Å². The van der Waals surface area contributed by atoms with Crippen LogP contribution < -0.4 is 16.0 Å². The first-order valence-corrected chi connectivity index (χ1v) is 15.6. The molecule has 0 saturated heterocycles. The minimum atomic E-state index is -0.863. The summed E-state index contributed by atoms with van der Waals surface area (Å²) in [4.78, 5) is 19.0. The number of nitrogens with one attached hydrogen (secondary N) is 4. The molecule has 46 heavy (non-hydrogen) atoms. The Morgan fingerprint density at radius 2 is 1.41 bits per heavy atom. The molecule has 4 aliphatic rings. The number of aromatic amines is 1. The molecule has 1 aromatic heterocycles. The van der Waals surface area contributed by atoms with Crippen molar-refractivity contribution in [1.29, 1.82) is 0 Å². The third-order valence-electron chi connectivity index (χ3n) is 8.15. The summed E-state index contributed by atoms with van der Waals surface area (Å²) in [6.45, 7) is 18.2. The van der Waals surface area contributed by atoms with Crippen molar-refractivity contribution in [1.82, 2.24) is 10.3 Å². The molecule has 0 fully saturated rings. The molecule has 8 bridgehead atoms. The smallest absolute Gasteiger partial charge is 0.148 e. The third kappa shape index (κ3) is 5.42. The molecule has 232 valence electrons. The molecule has 4 aliphatic heterocycles. The van der Waals surface area contributed by atoms with Crippen molar-refractivity contribution >= 4 is 39.9 Å². The van der Waals surface area contributed by atoms with E-state index in [1.165, 1.54) is 0 Å². The first-order chi connectivity index (χ1) is 22.1. The maximum Gasteiger partial charge on any atom is 0.148 e. The van der Waals surface area contributed by atoms with Crippen molar-refractivity contribution < 1.29 is 31.1 Å². The summed E-state index contributed by atoms with van der Waals surface area (Å²) in [6.07, 6.45) is 2.92. The summed E-state index contributed by atoms with van der Waals surface area (Å²) in [7, 11) is 0. The van der Waals surface area contributed by atoms with Crippen molar-refractivity contribution in [3.8, 4) is 0 Å². The zero-order valence-electron chi connectivity index (χ0n) is 26.9. The number of fused-ring (bicyclic) bond motifs is 15. The summed E-state index contributed by atoms with van der Waals surface area (Å²) in [5.74, 6) is 3.79. The molecule has 4 aromatic rings. The van der Waals surface area contributed by atoms with Crippen LogP contribution in [0.2, 0.25) is 0 Å². The van der Waals surface area contributed by atoms with E-state index in [0.29, 0.717) is 11.7 Å². The predicted octanol–water partition coefficient (Wildman–Crippen LogP) is 8.52. The average Bonchev–Trinajstić information content (AvgIpc) is 3.80. The summed E-state index contributed by atoms with van der Waals surface area (Å²) < 4.78 is 0. The molecule has 0 spiro atoms. The molecule has 8 rings (SSSR count). The van der Waals surface area contributed by atoms with Gasteiger partial charge in [0.15, 0.2) is 0 Å². The van der Waals surface area contributed by atoms with E-state index in [1.807, 2.05) is 83.2 Å². The van der Waals surface area contributed by atoms with E-state index in [-0.39, 0.29) is 43.4 Å². The van der Waals surface area contributed by atoms with Crippen LogP contribution >= 0.6 is 0 Å². The number of amidine groups is 3. The van der Waals surface area contributed by atoms with Crippen LogP contribution in [-0.2, 0) is 5.66 Å². The van der Waals surface area contributed by atoms with E-state index in [0.717, 1.165) is 61.6 Å². The number of hydrogen-bond donors (Lipinski definition) is 4. The Balaban J connectivity index is 0.000000804. The second-order valence-corrected chi connectivity index (χ2v) is 10.6. The minimum absolute atomic E-state index is 0. The molecule has 3 unspecified atom stereocenters. The molecule has 0 radical (unpaired) electrons. The number of hydrogen-bond acceptors (Lipinski definition) is 6. The Morgan fingerprint density at radius 3 is 2.13 bits per heavy atom. The first-order valence-electron chi connectivity index (χ1n) is 15.6. The molecule has 0 amide bonds. The number of aliphatic imine (C=N–C) groups is 3. The van der Waals surface area contributed by atoms with E-state index >= 15 is 0 Å². The first kappa shape index (κ1) is 33.1. The van der Waals surface area contributed by atoms with Gasteiger partial charge in [-0.25, -0.2) is 4.99 Å². The van der Waals surface area contributed by atoms with Crippen molar-refractivity contribution in [2.45, 2.75) is 52.6 Å². The number of H-pyrrole nitrogens is 1. The van der Waals surface area contributed by atoms with Gasteiger partial charge in [0, 0.05) is 58.6 Å². The molecule has 0 aliphatic carbocycles. The molecule has 8 nitrogen and oxygen atoms in total. The molecule has 3 aromatic carbocycles. The van der Waals surface area contributed by atoms with Gasteiger partial charge in [-0.3, -0.25) is 4.99 Å². The fraction of sp³-hybridized carbons (Fsp3) is 0.216. The van der Waals surface area contributed by atoms with Crippen molar-refractivity contribution in [2.24, 2.45) is 15.0 Å². The van der Waals surface area contributed by atoms with Crippen molar-refractivity contribution in [3.05, 3.63) is 137 Å². The molecular formula is C37H39N8U-. The Hall–Kier alpha value is -4.32. The largest absolute Gasteiger partial charge is 0.440 e. The van der Waals surface area contributed by atoms with Gasteiger partial charge in [0.25, 0.3) is 0 Å². The van der Waals surface area contributed by atoms with E-state index in [2.05, 4.69) is 70.5 Å².